The maximum atomic E-state index is 2.64. The van der Waals surface area contributed by atoms with Crippen molar-refractivity contribution in [3.05, 3.63) is 19.3 Å². The monoisotopic (exact) mass is 569 g/mol. The van der Waals surface area contributed by atoms with Gasteiger partial charge >= 0.3 is 0 Å². The molecule has 0 amide bonds. The van der Waals surface area contributed by atoms with Gasteiger partial charge in [-0.1, -0.05) is 121 Å². The molecule has 2 unspecified atom stereocenters. The first kappa shape index (κ1) is 36.8. The summed E-state index contributed by atoms with van der Waals surface area (Å²) in [7, 11) is 0. The normalized spacial score (nSPS) is 16.9. The summed E-state index contributed by atoms with van der Waals surface area (Å²) in [5.74, 6) is 1.87. The van der Waals surface area contributed by atoms with E-state index in [0.717, 1.165) is 0 Å². The topological polar surface area (TPSA) is 0 Å². The molecule has 0 aliphatic carbocycles. The van der Waals surface area contributed by atoms with E-state index in [2.05, 4.69) is 123 Å². The fourth-order valence-corrected chi connectivity index (χ4v) is 4.28. The standard InChI is InChI=1S/C28H55.2Y/c1-24(2,3)19-21(26(7,8)9)17-16-18-22(27(10,11)12)23(28(13,14)15)20-25(4,5)6;;/h16,19-23H,17-18H2,1-15H3;;/q-3;;/t21-,22?,23?;;/m0../s1. The van der Waals surface area contributed by atoms with E-state index in [9.17, 15) is 0 Å². The predicted octanol–water partition coefficient (Wildman–Crippen LogP) is 9.45. The van der Waals surface area contributed by atoms with E-state index < -0.39 is 0 Å². The molecule has 0 saturated heterocycles. The zero-order valence-electron chi connectivity index (χ0n) is 23.5. The summed E-state index contributed by atoms with van der Waals surface area (Å²) in [6.07, 6.45) is 10.2. The fourth-order valence-electron chi connectivity index (χ4n) is 4.28. The van der Waals surface area contributed by atoms with Crippen LogP contribution in [0.15, 0.2) is 0 Å². The summed E-state index contributed by atoms with van der Waals surface area (Å²) in [6, 6.07) is 0. The van der Waals surface area contributed by atoms with Gasteiger partial charge in [-0.2, -0.15) is 29.1 Å². The van der Waals surface area contributed by atoms with Crippen molar-refractivity contribution >= 4 is 0 Å². The van der Waals surface area contributed by atoms with Crippen LogP contribution in [0, 0.1) is 64.1 Å². The van der Waals surface area contributed by atoms with Gasteiger partial charge in [-0.25, -0.2) is 6.42 Å². The van der Waals surface area contributed by atoms with Crippen molar-refractivity contribution in [2.75, 3.05) is 0 Å². The van der Waals surface area contributed by atoms with E-state index in [1.165, 1.54) is 12.8 Å². The van der Waals surface area contributed by atoms with Gasteiger partial charge in [0.05, 0.1) is 0 Å². The first-order valence-electron chi connectivity index (χ1n) is 11.6. The first-order chi connectivity index (χ1) is 12.0. The van der Waals surface area contributed by atoms with Crippen molar-refractivity contribution in [2.24, 2.45) is 44.8 Å². The zero-order valence-corrected chi connectivity index (χ0v) is 29.2. The Balaban J connectivity index is -0.00000364. The van der Waals surface area contributed by atoms with Crippen molar-refractivity contribution in [3.8, 4) is 0 Å². The number of hydrogen-bond acceptors (Lipinski definition) is 0. The molecule has 0 fully saturated rings. The molecule has 0 bridgehead atoms. The average Bonchev–Trinajstić information content (AvgIpc) is 2.33. The molecule has 2 radical (unpaired) electrons. The largest absolute Gasteiger partial charge is 0.330 e. The minimum atomic E-state index is 0. The Morgan fingerprint density at radius 1 is 0.500 bits per heavy atom. The Hall–Kier alpha value is 2.21. The van der Waals surface area contributed by atoms with Crippen molar-refractivity contribution in [1.82, 2.24) is 0 Å². The third-order valence-electron chi connectivity index (χ3n) is 5.88. The van der Waals surface area contributed by atoms with Crippen molar-refractivity contribution in [1.29, 1.82) is 0 Å². The molecule has 0 aliphatic heterocycles. The molecule has 0 N–H and O–H groups in total. The summed E-state index contributed by atoms with van der Waals surface area (Å²) in [5.41, 5.74) is 1.39. The van der Waals surface area contributed by atoms with E-state index in [4.69, 9.17) is 0 Å². The molecular formula is C28H55Y2-3. The van der Waals surface area contributed by atoms with Gasteiger partial charge in [0.2, 0.25) is 0 Å². The Morgan fingerprint density at radius 2 is 0.900 bits per heavy atom. The SMILES string of the molecule is CC(C)(C)[CH-]C(C(C[CH-]C[C@@H]([CH-]C(C)(C)C)C(C)(C)C)C(C)(C)C)C(C)(C)C.[Y].[Y]. The zero-order chi connectivity index (χ0) is 22.8. The minimum absolute atomic E-state index is 0. The molecular weight excluding hydrogens is 514 g/mol. The van der Waals surface area contributed by atoms with Gasteiger partial charge in [-0.15, -0.1) is 0 Å². The Bertz CT molecular complexity index is 443. The summed E-state index contributed by atoms with van der Waals surface area (Å²) in [4.78, 5) is 0. The third-order valence-corrected chi connectivity index (χ3v) is 5.88. The van der Waals surface area contributed by atoms with Gasteiger partial charge in [0, 0.05) is 65.4 Å². The summed E-state index contributed by atoms with van der Waals surface area (Å²) in [6.45, 7) is 35.8. The molecule has 0 spiro atoms. The van der Waals surface area contributed by atoms with E-state index in [0.29, 0.717) is 28.6 Å². The van der Waals surface area contributed by atoms with Gasteiger partial charge < -0.3 is 19.3 Å². The van der Waals surface area contributed by atoms with E-state index in [1.54, 1.807) is 0 Å². The van der Waals surface area contributed by atoms with Gasteiger partial charge in [-0.3, -0.25) is 0 Å². The second-order valence-corrected chi connectivity index (χ2v) is 14.7. The smallest absolute Gasteiger partial charge is 0 e. The van der Waals surface area contributed by atoms with E-state index in [1.807, 2.05) is 0 Å². The molecule has 0 aromatic heterocycles. The predicted molar refractivity (Wildman–Crippen MR) is 130 cm³/mol. The second kappa shape index (κ2) is 13.3. The molecule has 0 nitrogen and oxygen atoms in total. The molecule has 0 heterocycles. The van der Waals surface area contributed by atoms with E-state index in [-0.39, 0.29) is 81.7 Å². The Labute approximate surface area is 243 Å². The van der Waals surface area contributed by atoms with Gasteiger partial charge in [-0.05, 0) is 5.41 Å². The molecule has 0 aromatic rings. The number of rotatable bonds is 7. The molecule has 0 aromatic carbocycles. The summed E-state index contributed by atoms with van der Waals surface area (Å²) in [5, 5.41) is 0. The second-order valence-electron chi connectivity index (χ2n) is 14.7. The van der Waals surface area contributed by atoms with Gasteiger partial charge in [0.15, 0.2) is 0 Å². The van der Waals surface area contributed by atoms with Crippen LogP contribution >= 0.6 is 0 Å². The molecule has 3 atom stereocenters. The molecule has 176 valence electrons. The van der Waals surface area contributed by atoms with Crippen LogP contribution in [0.1, 0.15) is 117 Å². The van der Waals surface area contributed by atoms with Crippen LogP contribution in [0.25, 0.3) is 0 Å². The van der Waals surface area contributed by atoms with Crippen LogP contribution in [0.3, 0.4) is 0 Å². The molecule has 0 aliphatic rings. The fraction of sp³-hybridized carbons (Fsp3) is 0.893. The van der Waals surface area contributed by atoms with Crippen LogP contribution in [0.4, 0.5) is 0 Å². The molecule has 0 rings (SSSR count). The van der Waals surface area contributed by atoms with Crippen LogP contribution in [0.5, 0.6) is 0 Å². The molecule has 0 saturated carbocycles. The molecule has 30 heavy (non-hydrogen) atoms. The molecule has 2 heteroatoms. The maximum Gasteiger partial charge on any atom is 0 e. The maximum absolute atomic E-state index is 2.64. The van der Waals surface area contributed by atoms with E-state index >= 15 is 0 Å². The Morgan fingerprint density at radius 3 is 1.17 bits per heavy atom. The quantitative estimate of drug-likeness (QED) is 0.268. The van der Waals surface area contributed by atoms with Gasteiger partial charge in [0.25, 0.3) is 0 Å². The Kier molecular flexibility index (Phi) is 16.3. The first-order valence-corrected chi connectivity index (χ1v) is 11.6. The van der Waals surface area contributed by atoms with Crippen molar-refractivity contribution in [3.63, 3.8) is 0 Å². The number of hydrogen-bond donors (Lipinski definition) is 0. The average molecular weight is 570 g/mol. The van der Waals surface area contributed by atoms with Crippen LogP contribution in [0.2, 0.25) is 0 Å². The summed E-state index contributed by atoms with van der Waals surface area (Å²) >= 11 is 0. The minimum Gasteiger partial charge on any atom is -0.330 e. The summed E-state index contributed by atoms with van der Waals surface area (Å²) < 4.78 is 0. The van der Waals surface area contributed by atoms with Crippen molar-refractivity contribution in [2.45, 2.75) is 117 Å². The van der Waals surface area contributed by atoms with Crippen LogP contribution < -0.4 is 0 Å². The van der Waals surface area contributed by atoms with Gasteiger partial charge in [0.1, 0.15) is 0 Å². The van der Waals surface area contributed by atoms with Crippen molar-refractivity contribution < 1.29 is 65.4 Å². The third kappa shape index (κ3) is 15.9. The van der Waals surface area contributed by atoms with Crippen LogP contribution in [-0.4, -0.2) is 0 Å². The van der Waals surface area contributed by atoms with Crippen LogP contribution in [-0.2, 0) is 65.4 Å².